The van der Waals surface area contributed by atoms with Crippen molar-refractivity contribution < 1.29 is 14.3 Å². The van der Waals surface area contributed by atoms with Crippen molar-refractivity contribution in [3.8, 4) is 5.75 Å². The number of fused-ring (bicyclic) bond motifs is 2. The number of ether oxygens (including phenoxy) is 2. The van der Waals surface area contributed by atoms with Gasteiger partial charge in [0.2, 0.25) is 0 Å². The van der Waals surface area contributed by atoms with Crippen LogP contribution in [0.5, 0.6) is 5.75 Å². The average molecular weight is 513 g/mol. The highest BCUT2D eigenvalue weighted by molar-refractivity contribution is 7.07. The van der Waals surface area contributed by atoms with Gasteiger partial charge in [0.25, 0.3) is 5.56 Å². The maximum absolute atomic E-state index is 14.0. The van der Waals surface area contributed by atoms with E-state index >= 15 is 0 Å². The molecule has 0 fully saturated rings. The Morgan fingerprint density at radius 2 is 1.81 bits per heavy atom. The maximum Gasteiger partial charge on any atom is 0.338 e. The molecule has 0 saturated carbocycles. The number of benzene rings is 3. The molecule has 1 aliphatic heterocycles. The van der Waals surface area contributed by atoms with Gasteiger partial charge in [0.05, 0.1) is 35.1 Å². The Bertz CT molecular complexity index is 1700. The van der Waals surface area contributed by atoms with E-state index in [1.165, 1.54) is 18.4 Å². The average Bonchev–Trinajstić information content (AvgIpc) is 3.23. The van der Waals surface area contributed by atoms with Crippen molar-refractivity contribution in [1.82, 2.24) is 4.57 Å². The van der Waals surface area contributed by atoms with Crippen LogP contribution in [0.3, 0.4) is 0 Å². The third-order valence-electron chi connectivity index (χ3n) is 6.33. The molecule has 4 aromatic rings. The summed E-state index contributed by atoms with van der Waals surface area (Å²) < 4.78 is 13.4. The molecule has 3 aromatic carbocycles. The predicted octanol–water partition coefficient (Wildman–Crippen LogP) is 4.74. The summed E-state index contributed by atoms with van der Waals surface area (Å²) in [6.07, 6.45) is 2.40. The predicted molar refractivity (Wildman–Crippen MR) is 147 cm³/mol. The van der Waals surface area contributed by atoms with E-state index in [0.29, 0.717) is 32.8 Å². The fourth-order valence-electron chi connectivity index (χ4n) is 4.73. The van der Waals surface area contributed by atoms with Gasteiger partial charge in [-0.1, -0.05) is 78.9 Å². The second-order valence-electron chi connectivity index (χ2n) is 9.06. The first-order chi connectivity index (χ1) is 17.9. The van der Waals surface area contributed by atoms with E-state index in [9.17, 15) is 9.59 Å². The van der Waals surface area contributed by atoms with Crippen LogP contribution in [0.1, 0.15) is 44.4 Å². The van der Waals surface area contributed by atoms with Gasteiger partial charge in [0, 0.05) is 5.56 Å². The summed E-state index contributed by atoms with van der Waals surface area (Å²) in [7, 11) is 1.35. The maximum atomic E-state index is 14.0. The van der Waals surface area contributed by atoms with E-state index in [1.54, 1.807) is 4.57 Å². The summed E-state index contributed by atoms with van der Waals surface area (Å²) in [5.41, 5.74) is 2.48. The minimum Gasteiger partial charge on any atom is -0.490 e. The van der Waals surface area contributed by atoms with Crippen LogP contribution in [0, 0.1) is 0 Å². The number of esters is 1. The lowest BCUT2D eigenvalue weighted by molar-refractivity contribution is -0.136. The molecule has 1 aromatic heterocycles. The van der Waals surface area contributed by atoms with E-state index in [0.717, 1.165) is 21.9 Å². The van der Waals surface area contributed by atoms with Gasteiger partial charge in [-0.05, 0) is 48.7 Å². The van der Waals surface area contributed by atoms with E-state index in [1.807, 2.05) is 93.6 Å². The van der Waals surface area contributed by atoms with Gasteiger partial charge in [-0.3, -0.25) is 9.36 Å². The largest absolute Gasteiger partial charge is 0.490 e. The van der Waals surface area contributed by atoms with Crippen molar-refractivity contribution in [2.45, 2.75) is 39.3 Å². The second kappa shape index (κ2) is 10.2. The van der Waals surface area contributed by atoms with Crippen LogP contribution in [-0.4, -0.2) is 23.8 Å². The summed E-state index contributed by atoms with van der Waals surface area (Å²) in [5.74, 6) is 0.231. The molecular weight excluding hydrogens is 484 g/mol. The summed E-state index contributed by atoms with van der Waals surface area (Å²) in [5, 5.41) is 2.05. The lowest BCUT2D eigenvalue weighted by Crippen LogP contribution is -2.40. The topological polar surface area (TPSA) is 69.9 Å². The molecule has 0 bridgehead atoms. The number of nitrogens with zero attached hydrogens (tertiary/aromatic N) is 2. The molecule has 0 saturated heterocycles. The zero-order chi connectivity index (χ0) is 26.1. The fraction of sp³-hybridized carbons (Fsp3) is 0.233. The number of hydrogen-bond donors (Lipinski definition) is 0. The third-order valence-corrected chi connectivity index (χ3v) is 7.32. The van der Waals surface area contributed by atoms with E-state index in [4.69, 9.17) is 14.5 Å². The summed E-state index contributed by atoms with van der Waals surface area (Å²) in [6, 6.07) is 20.9. The molecule has 6 nitrogen and oxygen atoms in total. The van der Waals surface area contributed by atoms with Crippen molar-refractivity contribution >= 4 is 34.2 Å². The number of carbonyl (C=O) groups is 1. The number of carbonyl (C=O) groups excluding carboxylic acids is 1. The van der Waals surface area contributed by atoms with Crippen LogP contribution in [0.15, 0.2) is 87.8 Å². The molecule has 0 spiro atoms. The van der Waals surface area contributed by atoms with Gasteiger partial charge in [0.1, 0.15) is 5.75 Å². The van der Waals surface area contributed by atoms with Crippen molar-refractivity contribution in [1.29, 1.82) is 0 Å². The third kappa shape index (κ3) is 4.51. The van der Waals surface area contributed by atoms with Crippen molar-refractivity contribution in [3.05, 3.63) is 109 Å². The minimum absolute atomic E-state index is 0.0256. The second-order valence-corrected chi connectivity index (χ2v) is 10.1. The van der Waals surface area contributed by atoms with Crippen LogP contribution in [0.2, 0.25) is 0 Å². The number of methoxy groups -OCH3 is 1. The van der Waals surface area contributed by atoms with Gasteiger partial charge >= 0.3 is 5.97 Å². The molecule has 0 amide bonds. The Kier molecular flexibility index (Phi) is 6.80. The first-order valence-corrected chi connectivity index (χ1v) is 13.1. The van der Waals surface area contributed by atoms with E-state index in [2.05, 4.69) is 0 Å². The molecule has 2 heterocycles. The zero-order valence-electron chi connectivity index (χ0n) is 21.2. The first-order valence-electron chi connectivity index (χ1n) is 12.3. The smallest absolute Gasteiger partial charge is 0.338 e. The number of allylic oxidation sites excluding steroid dienone is 1. The number of rotatable bonds is 6. The van der Waals surface area contributed by atoms with Gasteiger partial charge in [-0.15, -0.1) is 0 Å². The van der Waals surface area contributed by atoms with Gasteiger partial charge in [0.15, 0.2) is 4.80 Å². The summed E-state index contributed by atoms with van der Waals surface area (Å²) >= 11 is 1.32. The van der Waals surface area contributed by atoms with Crippen LogP contribution in [-0.2, 0) is 9.53 Å². The van der Waals surface area contributed by atoms with E-state index < -0.39 is 12.0 Å². The molecule has 0 radical (unpaired) electrons. The van der Waals surface area contributed by atoms with Gasteiger partial charge in [-0.2, -0.15) is 0 Å². The standard InChI is InChI=1S/C30H28N2O4S/c1-5-23-26(29(34)35-4)27(20-12-7-6-8-13-20)32-28(33)25(37-30(32)31-23)17-22-21-14-10-9-11-19(21)15-16-24(22)36-18(2)3/h6-18,27H,5H2,1-4H3/b25-17+/t27-/m1/s1. The highest BCUT2D eigenvalue weighted by Gasteiger charge is 2.33. The van der Waals surface area contributed by atoms with Crippen molar-refractivity contribution in [2.24, 2.45) is 4.99 Å². The number of thiazole rings is 1. The highest BCUT2D eigenvalue weighted by atomic mass is 32.1. The molecule has 0 N–H and O–H groups in total. The van der Waals surface area contributed by atoms with Crippen molar-refractivity contribution in [2.75, 3.05) is 7.11 Å². The van der Waals surface area contributed by atoms with Crippen LogP contribution in [0.25, 0.3) is 16.8 Å². The van der Waals surface area contributed by atoms with Gasteiger partial charge < -0.3 is 9.47 Å². The minimum atomic E-state index is -0.624. The van der Waals surface area contributed by atoms with Crippen LogP contribution in [0.4, 0.5) is 0 Å². The number of hydrogen-bond acceptors (Lipinski definition) is 6. The zero-order valence-corrected chi connectivity index (χ0v) is 22.0. The normalized spacial score (nSPS) is 15.6. The Morgan fingerprint density at radius 1 is 1.08 bits per heavy atom. The molecular formula is C30H28N2O4S. The van der Waals surface area contributed by atoms with Crippen molar-refractivity contribution in [3.63, 3.8) is 0 Å². The SMILES string of the molecule is CCC1=C(C(=O)OC)[C@@H](c2ccccc2)n2c(s/c(=C/c3c(OC(C)C)ccc4ccccc34)c2=O)=N1. The molecule has 1 atom stereocenters. The number of aromatic nitrogens is 1. The Labute approximate surface area is 218 Å². The molecule has 0 aliphatic carbocycles. The van der Waals surface area contributed by atoms with Crippen LogP contribution >= 0.6 is 11.3 Å². The molecule has 0 unspecified atom stereocenters. The Hall–Kier alpha value is -3.97. The summed E-state index contributed by atoms with van der Waals surface area (Å²) in [4.78, 5) is 32.3. The Morgan fingerprint density at radius 3 is 2.51 bits per heavy atom. The van der Waals surface area contributed by atoms with E-state index in [-0.39, 0.29) is 11.7 Å². The Balaban J connectivity index is 1.81. The fourth-order valence-corrected chi connectivity index (χ4v) is 5.73. The quantitative estimate of drug-likeness (QED) is 0.350. The monoisotopic (exact) mass is 512 g/mol. The molecule has 188 valence electrons. The molecule has 37 heavy (non-hydrogen) atoms. The summed E-state index contributed by atoms with van der Waals surface area (Å²) in [6.45, 7) is 5.91. The highest BCUT2D eigenvalue weighted by Crippen LogP contribution is 2.32. The molecule has 1 aliphatic rings. The first kappa shape index (κ1) is 24.7. The lowest BCUT2D eigenvalue weighted by atomic mass is 9.95. The van der Waals surface area contributed by atoms with Gasteiger partial charge in [-0.25, -0.2) is 9.79 Å². The van der Waals surface area contributed by atoms with Crippen LogP contribution < -0.4 is 19.6 Å². The molecule has 5 rings (SSSR count). The molecule has 7 heteroatoms. The lowest BCUT2D eigenvalue weighted by Gasteiger charge is -2.25.